The van der Waals surface area contributed by atoms with Gasteiger partial charge in [0.15, 0.2) is 0 Å². The summed E-state index contributed by atoms with van der Waals surface area (Å²) in [4.78, 5) is 18.1. The van der Waals surface area contributed by atoms with Crippen LogP contribution in [0.4, 0.5) is 5.69 Å². The Balaban J connectivity index is 2.07. The Kier molecular flexibility index (Phi) is 6.06. The lowest BCUT2D eigenvalue weighted by atomic mass is 9.90. The molecule has 2 aromatic carbocycles. The van der Waals surface area contributed by atoms with E-state index in [1.165, 1.54) is 11.3 Å². The van der Waals surface area contributed by atoms with Crippen LogP contribution in [0.1, 0.15) is 10.4 Å². The molecule has 1 amide bonds. The molecule has 0 aliphatic rings. The number of anilines is 1. The summed E-state index contributed by atoms with van der Waals surface area (Å²) in [5.41, 5.74) is -0.379. The first-order valence-corrected chi connectivity index (χ1v) is 9.75. The number of hydrogen-bond acceptors (Lipinski definition) is 4. The zero-order valence-corrected chi connectivity index (χ0v) is 16.4. The minimum absolute atomic E-state index is 0.343. The number of carbonyl (C=O) groups excluding carboxylic acids is 1. The SMILES string of the molecule is CN(C)CCN(C(=O)C(O)(c1ccccc1)c1cccs1)c1ccccc1. The highest BCUT2D eigenvalue weighted by Crippen LogP contribution is 2.36. The first-order valence-electron chi connectivity index (χ1n) is 8.87. The van der Waals surface area contributed by atoms with Crippen molar-refractivity contribution < 1.29 is 9.90 Å². The highest BCUT2D eigenvalue weighted by atomic mass is 32.1. The monoisotopic (exact) mass is 380 g/mol. The number of aliphatic hydroxyl groups is 1. The third kappa shape index (κ3) is 4.11. The van der Waals surface area contributed by atoms with Gasteiger partial charge in [-0.05, 0) is 43.2 Å². The molecular formula is C22H24N2O2S. The van der Waals surface area contributed by atoms with E-state index in [0.29, 0.717) is 23.5 Å². The summed E-state index contributed by atoms with van der Waals surface area (Å²) in [7, 11) is 3.94. The van der Waals surface area contributed by atoms with E-state index < -0.39 is 5.60 Å². The van der Waals surface area contributed by atoms with Gasteiger partial charge >= 0.3 is 0 Å². The van der Waals surface area contributed by atoms with Crippen LogP contribution in [0, 0.1) is 0 Å². The quantitative estimate of drug-likeness (QED) is 0.681. The molecule has 0 saturated heterocycles. The van der Waals surface area contributed by atoms with Crippen LogP contribution in [0.5, 0.6) is 0 Å². The molecule has 5 heteroatoms. The molecule has 1 heterocycles. The fraction of sp³-hybridized carbons (Fsp3) is 0.227. The molecule has 0 fully saturated rings. The molecule has 0 bridgehead atoms. The normalized spacial score (nSPS) is 13.3. The molecule has 1 aromatic heterocycles. The Morgan fingerprint density at radius 1 is 0.926 bits per heavy atom. The van der Waals surface area contributed by atoms with Gasteiger partial charge in [0.25, 0.3) is 5.91 Å². The van der Waals surface area contributed by atoms with Crippen molar-refractivity contribution in [3.8, 4) is 0 Å². The first kappa shape index (κ1) is 19.3. The predicted octanol–water partition coefficient (Wildman–Crippen LogP) is 3.58. The van der Waals surface area contributed by atoms with E-state index in [2.05, 4.69) is 0 Å². The number of likely N-dealkylation sites (N-methyl/N-ethyl adjacent to an activating group) is 1. The lowest BCUT2D eigenvalue weighted by Crippen LogP contribution is -2.49. The average Bonchev–Trinajstić information content (AvgIpc) is 3.24. The number of amides is 1. The van der Waals surface area contributed by atoms with Crippen LogP contribution in [-0.4, -0.2) is 43.1 Å². The van der Waals surface area contributed by atoms with Gasteiger partial charge in [0.05, 0.1) is 4.88 Å². The Morgan fingerprint density at radius 3 is 2.11 bits per heavy atom. The van der Waals surface area contributed by atoms with Gasteiger partial charge in [-0.2, -0.15) is 0 Å². The number of carbonyl (C=O) groups is 1. The Bertz CT molecular complexity index is 851. The summed E-state index contributed by atoms with van der Waals surface area (Å²) in [5, 5.41) is 13.6. The summed E-state index contributed by atoms with van der Waals surface area (Å²) in [6, 6.07) is 22.3. The molecule has 0 spiro atoms. The maximum atomic E-state index is 13.7. The molecule has 0 radical (unpaired) electrons. The highest BCUT2D eigenvalue weighted by molar-refractivity contribution is 7.10. The third-order valence-electron chi connectivity index (χ3n) is 4.46. The van der Waals surface area contributed by atoms with Crippen LogP contribution in [0.2, 0.25) is 0 Å². The standard InChI is InChI=1S/C22H24N2O2S/c1-23(2)15-16-24(19-12-7-4-8-13-19)21(25)22(26,20-14-9-17-27-20)18-10-5-3-6-11-18/h3-14,17,26H,15-16H2,1-2H3. The lowest BCUT2D eigenvalue weighted by molar-refractivity contribution is -0.133. The first-order chi connectivity index (χ1) is 13.0. The van der Waals surface area contributed by atoms with Gasteiger partial charge in [0, 0.05) is 18.8 Å². The second kappa shape index (κ2) is 8.48. The van der Waals surface area contributed by atoms with Gasteiger partial charge in [-0.3, -0.25) is 4.79 Å². The molecular weight excluding hydrogens is 356 g/mol. The molecule has 0 aliphatic heterocycles. The van der Waals surface area contributed by atoms with Crippen LogP contribution in [0.3, 0.4) is 0 Å². The van der Waals surface area contributed by atoms with Crippen molar-refractivity contribution in [3.63, 3.8) is 0 Å². The van der Waals surface area contributed by atoms with Crippen molar-refractivity contribution in [3.05, 3.63) is 88.6 Å². The van der Waals surface area contributed by atoms with Crippen LogP contribution in [0.25, 0.3) is 0 Å². The summed E-state index contributed by atoms with van der Waals surface area (Å²) in [6.07, 6.45) is 0. The molecule has 4 nitrogen and oxygen atoms in total. The van der Waals surface area contributed by atoms with Gasteiger partial charge in [-0.1, -0.05) is 54.6 Å². The van der Waals surface area contributed by atoms with Crippen molar-refractivity contribution in [1.82, 2.24) is 4.90 Å². The Labute approximate surface area is 164 Å². The summed E-state index contributed by atoms with van der Waals surface area (Å²) < 4.78 is 0. The van der Waals surface area contributed by atoms with Crippen LogP contribution >= 0.6 is 11.3 Å². The van der Waals surface area contributed by atoms with Gasteiger partial charge in [0.2, 0.25) is 5.60 Å². The van der Waals surface area contributed by atoms with Gasteiger partial charge in [-0.25, -0.2) is 0 Å². The van der Waals surface area contributed by atoms with Gasteiger partial charge < -0.3 is 14.9 Å². The topological polar surface area (TPSA) is 43.8 Å². The summed E-state index contributed by atoms with van der Waals surface area (Å²) >= 11 is 1.38. The van der Waals surface area contributed by atoms with E-state index in [9.17, 15) is 9.90 Å². The van der Waals surface area contributed by atoms with Crippen molar-refractivity contribution in [2.75, 3.05) is 32.1 Å². The smallest absolute Gasteiger partial charge is 0.269 e. The number of para-hydroxylation sites is 1. The zero-order valence-electron chi connectivity index (χ0n) is 15.6. The maximum Gasteiger partial charge on any atom is 0.269 e. The zero-order chi connectivity index (χ0) is 19.3. The Hall–Kier alpha value is -2.47. The largest absolute Gasteiger partial charge is 0.371 e. The van der Waals surface area contributed by atoms with Crippen molar-refractivity contribution in [2.24, 2.45) is 0 Å². The van der Waals surface area contributed by atoms with E-state index in [0.717, 1.165) is 5.69 Å². The summed E-state index contributed by atoms with van der Waals surface area (Å²) in [5.74, 6) is -0.343. The van der Waals surface area contributed by atoms with Crippen LogP contribution in [-0.2, 0) is 10.4 Å². The van der Waals surface area contributed by atoms with Crippen molar-refractivity contribution in [2.45, 2.75) is 5.60 Å². The molecule has 27 heavy (non-hydrogen) atoms. The molecule has 140 valence electrons. The molecule has 1 N–H and O–H groups in total. The number of thiophene rings is 1. The number of benzene rings is 2. The second-order valence-electron chi connectivity index (χ2n) is 6.65. The minimum atomic E-state index is -1.72. The van der Waals surface area contributed by atoms with Crippen molar-refractivity contribution >= 4 is 22.9 Å². The molecule has 1 unspecified atom stereocenters. The minimum Gasteiger partial charge on any atom is -0.371 e. The lowest BCUT2D eigenvalue weighted by Gasteiger charge is -2.34. The van der Waals surface area contributed by atoms with E-state index in [-0.39, 0.29) is 5.91 Å². The predicted molar refractivity (Wildman–Crippen MR) is 111 cm³/mol. The second-order valence-corrected chi connectivity index (χ2v) is 7.60. The molecule has 3 rings (SSSR count). The van der Waals surface area contributed by atoms with Crippen LogP contribution < -0.4 is 4.90 Å². The maximum absolute atomic E-state index is 13.7. The van der Waals surface area contributed by atoms with E-state index >= 15 is 0 Å². The van der Waals surface area contributed by atoms with E-state index in [1.807, 2.05) is 85.0 Å². The van der Waals surface area contributed by atoms with Gasteiger partial charge in [-0.15, -0.1) is 11.3 Å². The molecule has 3 aromatic rings. The Morgan fingerprint density at radius 2 is 1.56 bits per heavy atom. The van der Waals surface area contributed by atoms with E-state index in [4.69, 9.17) is 0 Å². The van der Waals surface area contributed by atoms with Crippen LogP contribution in [0.15, 0.2) is 78.2 Å². The highest BCUT2D eigenvalue weighted by Gasteiger charge is 2.44. The number of rotatable bonds is 7. The number of hydrogen-bond donors (Lipinski definition) is 1. The fourth-order valence-electron chi connectivity index (χ4n) is 2.99. The van der Waals surface area contributed by atoms with Crippen molar-refractivity contribution in [1.29, 1.82) is 0 Å². The fourth-order valence-corrected chi connectivity index (χ4v) is 3.82. The molecule has 1 atom stereocenters. The molecule has 0 aliphatic carbocycles. The third-order valence-corrected chi connectivity index (χ3v) is 5.44. The number of nitrogens with zero attached hydrogens (tertiary/aromatic N) is 2. The molecule has 0 saturated carbocycles. The summed E-state index contributed by atoms with van der Waals surface area (Å²) in [6.45, 7) is 1.17. The van der Waals surface area contributed by atoms with E-state index in [1.54, 1.807) is 17.0 Å². The van der Waals surface area contributed by atoms with Gasteiger partial charge in [0.1, 0.15) is 0 Å². The average molecular weight is 381 g/mol.